The van der Waals surface area contributed by atoms with E-state index in [1.807, 2.05) is 0 Å². The van der Waals surface area contributed by atoms with E-state index in [0.29, 0.717) is 0 Å². The Morgan fingerprint density at radius 2 is 1.75 bits per heavy atom. The normalized spacial score (nSPS) is 7.25. The van der Waals surface area contributed by atoms with Crippen LogP contribution in [0.5, 0.6) is 0 Å². The van der Waals surface area contributed by atoms with Gasteiger partial charge in [-0.3, -0.25) is 0 Å². The van der Waals surface area contributed by atoms with Crippen molar-refractivity contribution in [3.8, 4) is 0 Å². The van der Waals surface area contributed by atoms with E-state index in [-0.39, 0.29) is 38.6 Å². The SMILES string of the molecule is CC(=O)[n+]1cc[c-]cc1.[CH2-]C.[Y]. The third-order valence-electron chi connectivity index (χ3n) is 1.03. The molecule has 1 aromatic rings. The van der Waals surface area contributed by atoms with Crippen molar-refractivity contribution in [3.63, 3.8) is 0 Å². The van der Waals surface area contributed by atoms with Gasteiger partial charge in [0.05, 0.1) is 19.3 Å². The second kappa shape index (κ2) is 9.02. The second-order valence-corrected chi connectivity index (χ2v) is 1.72. The summed E-state index contributed by atoms with van der Waals surface area (Å²) < 4.78 is 1.50. The molecular formula is C9H12NOY-. The van der Waals surface area contributed by atoms with Crippen LogP contribution in [0, 0.1) is 13.0 Å². The van der Waals surface area contributed by atoms with E-state index >= 15 is 0 Å². The Labute approximate surface area is 98.9 Å². The molecule has 0 spiro atoms. The van der Waals surface area contributed by atoms with Crippen LogP contribution in [-0.4, -0.2) is 5.91 Å². The summed E-state index contributed by atoms with van der Waals surface area (Å²) in [6, 6.07) is 6.21. The van der Waals surface area contributed by atoms with Gasteiger partial charge in [-0.15, -0.1) is 12.1 Å². The predicted molar refractivity (Wildman–Crippen MR) is 42.8 cm³/mol. The average molecular weight is 239 g/mol. The summed E-state index contributed by atoms with van der Waals surface area (Å²) in [6.07, 6.45) is 3.34. The van der Waals surface area contributed by atoms with Gasteiger partial charge in [-0.05, 0) is 0 Å². The number of rotatable bonds is 0. The first kappa shape index (κ1) is 14.4. The molecular weight excluding hydrogens is 227 g/mol. The Hall–Kier alpha value is -0.0761. The van der Waals surface area contributed by atoms with Gasteiger partial charge in [-0.25, -0.2) is 9.36 Å². The number of carbonyl (C=O) groups excluding carboxylic acids is 1. The summed E-state index contributed by atoms with van der Waals surface area (Å²) in [4.78, 5) is 10.6. The molecule has 1 aromatic heterocycles. The van der Waals surface area contributed by atoms with Crippen molar-refractivity contribution < 1.29 is 42.1 Å². The van der Waals surface area contributed by atoms with E-state index in [4.69, 9.17) is 0 Å². The van der Waals surface area contributed by atoms with Gasteiger partial charge >= 0.3 is 5.91 Å². The Morgan fingerprint density at radius 3 is 2.00 bits per heavy atom. The standard InChI is InChI=1S/C7H7NO.C2H5.Y/c1-7(9)8-5-3-2-4-6-8;1-2;/h3-6H,1H3;1H2,2H3;/q;-1;. The minimum absolute atomic E-state index is 0. The average Bonchev–Trinajstić information content (AvgIpc) is 2.10. The van der Waals surface area contributed by atoms with Crippen molar-refractivity contribution in [1.82, 2.24) is 0 Å². The molecule has 0 saturated heterocycles. The minimum atomic E-state index is 0. The van der Waals surface area contributed by atoms with Crippen molar-refractivity contribution in [2.45, 2.75) is 13.8 Å². The zero-order chi connectivity index (χ0) is 8.69. The first-order chi connectivity index (χ1) is 5.30. The molecule has 0 bridgehead atoms. The molecule has 12 heavy (non-hydrogen) atoms. The maximum Gasteiger partial charge on any atom is 0.366 e. The van der Waals surface area contributed by atoms with Crippen molar-refractivity contribution in [3.05, 3.63) is 37.5 Å². The van der Waals surface area contributed by atoms with Gasteiger partial charge in [0, 0.05) is 32.7 Å². The Morgan fingerprint density at radius 1 is 1.33 bits per heavy atom. The fraction of sp³-hybridized carbons (Fsp3) is 0.222. The molecule has 0 atom stereocenters. The Kier molecular flexibility index (Phi) is 10.9. The number of pyridine rings is 1. The van der Waals surface area contributed by atoms with Crippen LogP contribution < -0.4 is 4.57 Å². The van der Waals surface area contributed by atoms with Crippen molar-refractivity contribution in [2.24, 2.45) is 0 Å². The van der Waals surface area contributed by atoms with Gasteiger partial charge in [0.25, 0.3) is 0 Å². The first-order valence-corrected chi connectivity index (χ1v) is 3.40. The molecule has 3 heteroatoms. The van der Waals surface area contributed by atoms with Crippen molar-refractivity contribution in [1.29, 1.82) is 0 Å². The summed E-state index contributed by atoms with van der Waals surface area (Å²) in [6.45, 7) is 6.51. The largest absolute Gasteiger partial charge is 0.366 e. The van der Waals surface area contributed by atoms with Crippen LogP contribution in [0.25, 0.3) is 0 Å². The number of hydrogen-bond acceptors (Lipinski definition) is 1. The number of aromatic nitrogens is 1. The zero-order valence-corrected chi connectivity index (χ0v) is 10.3. The maximum atomic E-state index is 10.6. The molecule has 0 aliphatic heterocycles. The van der Waals surface area contributed by atoms with Crippen LogP contribution in [0.1, 0.15) is 18.6 Å². The minimum Gasteiger partial charge on any atom is -0.346 e. The van der Waals surface area contributed by atoms with Crippen LogP contribution in [-0.2, 0) is 32.7 Å². The second-order valence-electron chi connectivity index (χ2n) is 1.72. The van der Waals surface area contributed by atoms with E-state index in [2.05, 4.69) is 13.0 Å². The summed E-state index contributed by atoms with van der Waals surface area (Å²) in [5, 5.41) is 0. The molecule has 1 heterocycles. The molecule has 0 aliphatic carbocycles. The van der Waals surface area contributed by atoms with Gasteiger partial charge in [0.2, 0.25) is 0 Å². The smallest absolute Gasteiger partial charge is 0.346 e. The van der Waals surface area contributed by atoms with E-state index in [1.165, 1.54) is 11.5 Å². The van der Waals surface area contributed by atoms with Gasteiger partial charge in [-0.1, -0.05) is 0 Å². The molecule has 1 rings (SSSR count). The van der Waals surface area contributed by atoms with Crippen LogP contribution in [0.15, 0.2) is 24.5 Å². The fourth-order valence-electron chi connectivity index (χ4n) is 0.562. The third-order valence-corrected chi connectivity index (χ3v) is 1.03. The van der Waals surface area contributed by atoms with Crippen LogP contribution >= 0.6 is 0 Å². The van der Waals surface area contributed by atoms with Gasteiger partial charge in [0.15, 0.2) is 0 Å². The van der Waals surface area contributed by atoms with Crippen molar-refractivity contribution in [2.75, 3.05) is 0 Å². The third kappa shape index (κ3) is 5.56. The molecule has 0 unspecified atom stereocenters. The molecule has 63 valence electrons. The van der Waals surface area contributed by atoms with Crippen LogP contribution in [0.3, 0.4) is 0 Å². The van der Waals surface area contributed by atoms with Gasteiger partial charge in [-0.2, -0.15) is 13.0 Å². The molecule has 0 N–H and O–H groups in total. The molecule has 0 aromatic carbocycles. The Bertz CT molecular complexity index is 211. The number of nitrogens with zero attached hydrogens (tertiary/aromatic N) is 1. The molecule has 1 radical (unpaired) electrons. The quantitative estimate of drug-likeness (QED) is 0.493. The molecule has 0 fully saturated rings. The van der Waals surface area contributed by atoms with Crippen LogP contribution in [0.4, 0.5) is 0 Å². The molecule has 0 aliphatic rings. The van der Waals surface area contributed by atoms with Crippen molar-refractivity contribution >= 4 is 5.91 Å². The van der Waals surface area contributed by atoms with Gasteiger partial charge < -0.3 is 6.92 Å². The summed E-state index contributed by atoms with van der Waals surface area (Å²) in [7, 11) is 0. The van der Waals surface area contributed by atoms with E-state index < -0.39 is 0 Å². The molecule has 0 saturated carbocycles. The van der Waals surface area contributed by atoms with E-state index in [9.17, 15) is 4.79 Å². The first-order valence-electron chi connectivity index (χ1n) is 3.40. The monoisotopic (exact) mass is 239 g/mol. The van der Waals surface area contributed by atoms with E-state index in [1.54, 1.807) is 31.5 Å². The topological polar surface area (TPSA) is 20.9 Å². The van der Waals surface area contributed by atoms with Crippen LogP contribution in [0.2, 0.25) is 0 Å². The number of carbonyl (C=O) groups is 1. The van der Waals surface area contributed by atoms with E-state index in [0.717, 1.165) is 0 Å². The number of hydrogen-bond donors (Lipinski definition) is 0. The molecule has 2 nitrogen and oxygen atoms in total. The predicted octanol–water partition coefficient (Wildman–Crippen LogP) is 1.27. The summed E-state index contributed by atoms with van der Waals surface area (Å²) in [5.41, 5.74) is 0. The fourth-order valence-corrected chi connectivity index (χ4v) is 0.562. The summed E-state index contributed by atoms with van der Waals surface area (Å²) >= 11 is 0. The molecule has 0 amide bonds. The Balaban J connectivity index is 0. The summed E-state index contributed by atoms with van der Waals surface area (Å²) in [5.74, 6) is 0.0176. The maximum absolute atomic E-state index is 10.6. The zero-order valence-electron chi connectivity index (χ0n) is 7.45. The van der Waals surface area contributed by atoms with Gasteiger partial charge in [0.1, 0.15) is 0 Å².